The lowest BCUT2D eigenvalue weighted by Crippen LogP contribution is -2.58. The van der Waals surface area contributed by atoms with E-state index in [2.05, 4.69) is 17.1 Å². The number of piperidine rings is 1. The highest BCUT2D eigenvalue weighted by Crippen LogP contribution is 2.23. The number of primary amides is 1. The second-order valence-electron chi connectivity index (χ2n) is 6.98. The summed E-state index contributed by atoms with van der Waals surface area (Å²) in [7, 11) is 1.77. The lowest BCUT2D eigenvalue weighted by atomic mass is 9.89. The van der Waals surface area contributed by atoms with Crippen LogP contribution in [-0.2, 0) is 9.53 Å². The minimum atomic E-state index is -0.642. The minimum Gasteiger partial charge on any atom is -0.384 e. The molecular formula is C16H33N3O2. The first-order valence-corrected chi connectivity index (χ1v) is 8.09. The predicted octanol–water partition coefficient (Wildman–Crippen LogP) is 1.37. The van der Waals surface area contributed by atoms with E-state index in [1.807, 2.05) is 20.8 Å². The largest absolute Gasteiger partial charge is 0.384 e. The van der Waals surface area contributed by atoms with Crippen molar-refractivity contribution in [1.82, 2.24) is 10.2 Å². The molecule has 124 valence electrons. The number of hydrogen-bond donors (Lipinski definition) is 2. The van der Waals surface area contributed by atoms with Crippen molar-refractivity contribution >= 4 is 5.91 Å². The SMILES string of the molecule is COCC1CCN(C(C)CC(C)(NC(C)C)C(N)=O)CC1. The number of rotatable bonds is 8. The topological polar surface area (TPSA) is 67.6 Å². The average molecular weight is 299 g/mol. The van der Waals surface area contributed by atoms with Gasteiger partial charge in [0.15, 0.2) is 0 Å². The summed E-state index contributed by atoms with van der Waals surface area (Å²) in [5.74, 6) is 0.409. The maximum atomic E-state index is 11.8. The Balaban J connectivity index is 2.55. The third-order valence-electron chi connectivity index (χ3n) is 4.53. The van der Waals surface area contributed by atoms with E-state index in [4.69, 9.17) is 10.5 Å². The molecule has 1 aliphatic rings. The molecule has 0 radical (unpaired) electrons. The van der Waals surface area contributed by atoms with Crippen molar-refractivity contribution < 1.29 is 9.53 Å². The summed E-state index contributed by atoms with van der Waals surface area (Å²) >= 11 is 0. The summed E-state index contributed by atoms with van der Waals surface area (Å²) in [4.78, 5) is 14.3. The Morgan fingerprint density at radius 3 is 2.38 bits per heavy atom. The molecule has 1 heterocycles. The number of nitrogens with two attached hydrogens (primary N) is 1. The summed E-state index contributed by atoms with van der Waals surface area (Å²) in [6.07, 6.45) is 3.08. The van der Waals surface area contributed by atoms with Crippen LogP contribution in [0.25, 0.3) is 0 Å². The highest BCUT2D eigenvalue weighted by Gasteiger charge is 2.35. The fourth-order valence-electron chi connectivity index (χ4n) is 3.38. The van der Waals surface area contributed by atoms with Crippen LogP contribution >= 0.6 is 0 Å². The minimum absolute atomic E-state index is 0.238. The first-order chi connectivity index (χ1) is 9.78. The maximum Gasteiger partial charge on any atom is 0.237 e. The van der Waals surface area contributed by atoms with Crippen molar-refractivity contribution in [2.75, 3.05) is 26.8 Å². The molecule has 2 unspecified atom stereocenters. The van der Waals surface area contributed by atoms with E-state index in [0.717, 1.165) is 26.1 Å². The molecular weight excluding hydrogens is 266 g/mol. The number of carbonyl (C=O) groups excluding carboxylic acids is 1. The molecule has 1 amide bonds. The molecule has 0 aromatic carbocycles. The zero-order valence-electron chi connectivity index (χ0n) is 14.3. The summed E-state index contributed by atoms with van der Waals surface area (Å²) in [5, 5.41) is 3.33. The van der Waals surface area contributed by atoms with Gasteiger partial charge < -0.3 is 20.7 Å². The smallest absolute Gasteiger partial charge is 0.237 e. The maximum absolute atomic E-state index is 11.8. The monoisotopic (exact) mass is 299 g/mol. The van der Waals surface area contributed by atoms with Gasteiger partial charge in [0, 0.05) is 25.8 Å². The van der Waals surface area contributed by atoms with E-state index in [1.54, 1.807) is 7.11 Å². The fourth-order valence-corrected chi connectivity index (χ4v) is 3.38. The van der Waals surface area contributed by atoms with Crippen LogP contribution in [0.5, 0.6) is 0 Å². The van der Waals surface area contributed by atoms with Crippen molar-refractivity contribution in [2.24, 2.45) is 11.7 Å². The van der Waals surface area contributed by atoms with Gasteiger partial charge in [0.2, 0.25) is 5.91 Å². The normalized spacial score (nSPS) is 22.2. The molecule has 0 spiro atoms. The van der Waals surface area contributed by atoms with Crippen LogP contribution in [0.4, 0.5) is 0 Å². The summed E-state index contributed by atoms with van der Waals surface area (Å²) in [5.41, 5.74) is 4.98. The second kappa shape index (κ2) is 8.11. The summed E-state index contributed by atoms with van der Waals surface area (Å²) < 4.78 is 5.24. The van der Waals surface area contributed by atoms with Gasteiger partial charge >= 0.3 is 0 Å². The van der Waals surface area contributed by atoms with Gasteiger partial charge in [0.1, 0.15) is 0 Å². The summed E-state index contributed by atoms with van der Waals surface area (Å²) in [6.45, 7) is 11.2. The Labute approximate surface area is 129 Å². The molecule has 3 N–H and O–H groups in total. The predicted molar refractivity (Wildman–Crippen MR) is 86.1 cm³/mol. The number of methoxy groups -OCH3 is 1. The Morgan fingerprint density at radius 1 is 1.38 bits per heavy atom. The lowest BCUT2D eigenvalue weighted by molar-refractivity contribution is -0.125. The number of nitrogens with zero attached hydrogens (tertiary/aromatic N) is 1. The number of amides is 1. The van der Waals surface area contributed by atoms with Crippen LogP contribution in [0.3, 0.4) is 0 Å². The molecule has 21 heavy (non-hydrogen) atoms. The van der Waals surface area contributed by atoms with Gasteiger partial charge in [-0.1, -0.05) is 0 Å². The number of ether oxygens (including phenoxy) is 1. The summed E-state index contributed by atoms with van der Waals surface area (Å²) in [6, 6.07) is 0.583. The van der Waals surface area contributed by atoms with Crippen LogP contribution < -0.4 is 11.1 Å². The van der Waals surface area contributed by atoms with Crippen LogP contribution in [-0.4, -0.2) is 55.2 Å². The molecule has 2 atom stereocenters. The number of nitrogens with one attached hydrogen (secondary N) is 1. The van der Waals surface area contributed by atoms with Crippen molar-refractivity contribution in [2.45, 2.75) is 64.6 Å². The lowest BCUT2D eigenvalue weighted by Gasteiger charge is -2.40. The van der Waals surface area contributed by atoms with Gasteiger partial charge in [-0.25, -0.2) is 0 Å². The molecule has 0 aromatic rings. The van der Waals surface area contributed by atoms with Gasteiger partial charge in [-0.15, -0.1) is 0 Å². The van der Waals surface area contributed by atoms with E-state index >= 15 is 0 Å². The van der Waals surface area contributed by atoms with Crippen molar-refractivity contribution in [3.8, 4) is 0 Å². The number of carbonyl (C=O) groups is 1. The highest BCUT2D eigenvalue weighted by molar-refractivity contribution is 5.84. The van der Waals surface area contributed by atoms with Gasteiger partial charge in [-0.3, -0.25) is 4.79 Å². The number of hydrogen-bond acceptors (Lipinski definition) is 4. The Morgan fingerprint density at radius 2 is 1.95 bits per heavy atom. The Hall–Kier alpha value is -0.650. The van der Waals surface area contributed by atoms with Gasteiger partial charge in [-0.05, 0) is 66.0 Å². The van der Waals surface area contributed by atoms with Gasteiger partial charge in [0.05, 0.1) is 5.54 Å². The molecule has 1 rings (SSSR count). The molecule has 1 aliphatic heterocycles. The van der Waals surface area contributed by atoms with Gasteiger partial charge in [0.25, 0.3) is 0 Å². The Bertz CT molecular complexity index is 327. The molecule has 1 fully saturated rings. The van der Waals surface area contributed by atoms with E-state index < -0.39 is 5.54 Å². The molecule has 5 heteroatoms. The van der Waals surface area contributed by atoms with E-state index in [-0.39, 0.29) is 11.9 Å². The van der Waals surface area contributed by atoms with E-state index in [9.17, 15) is 4.79 Å². The van der Waals surface area contributed by atoms with Crippen molar-refractivity contribution in [1.29, 1.82) is 0 Å². The first kappa shape index (κ1) is 18.4. The van der Waals surface area contributed by atoms with Crippen LogP contribution in [0.1, 0.15) is 47.0 Å². The second-order valence-corrected chi connectivity index (χ2v) is 6.98. The van der Waals surface area contributed by atoms with Crippen LogP contribution in [0.2, 0.25) is 0 Å². The first-order valence-electron chi connectivity index (χ1n) is 8.09. The van der Waals surface area contributed by atoms with E-state index in [0.29, 0.717) is 12.0 Å². The van der Waals surface area contributed by atoms with E-state index in [1.165, 1.54) is 12.8 Å². The third kappa shape index (κ3) is 5.57. The molecule has 0 bridgehead atoms. The Kier molecular flexibility index (Phi) is 7.10. The molecule has 0 aromatic heterocycles. The van der Waals surface area contributed by atoms with Crippen molar-refractivity contribution in [3.63, 3.8) is 0 Å². The van der Waals surface area contributed by atoms with Gasteiger partial charge in [-0.2, -0.15) is 0 Å². The standard InChI is InChI=1S/C16H33N3O2/c1-12(2)18-16(4,15(17)20)10-13(3)19-8-6-14(7-9-19)11-21-5/h12-14,18H,6-11H2,1-5H3,(H2,17,20). The molecule has 0 saturated carbocycles. The number of likely N-dealkylation sites (tertiary alicyclic amines) is 1. The molecule has 1 saturated heterocycles. The van der Waals surface area contributed by atoms with Crippen LogP contribution in [0.15, 0.2) is 0 Å². The fraction of sp³-hybridized carbons (Fsp3) is 0.938. The van der Waals surface area contributed by atoms with Crippen LogP contribution in [0, 0.1) is 5.92 Å². The molecule has 0 aliphatic carbocycles. The molecule has 5 nitrogen and oxygen atoms in total. The zero-order chi connectivity index (χ0) is 16.0. The average Bonchev–Trinajstić information content (AvgIpc) is 2.38. The van der Waals surface area contributed by atoms with Crippen molar-refractivity contribution in [3.05, 3.63) is 0 Å². The third-order valence-corrected chi connectivity index (χ3v) is 4.53. The quantitative estimate of drug-likeness (QED) is 0.710. The zero-order valence-corrected chi connectivity index (χ0v) is 14.3. The highest BCUT2D eigenvalue weighted by atomic mass is 16.5.